The van der Waals surface area contributed by atoms with E-state index in [4.69, 9.17) is 9.47 Å². The Labute approximate surface area is 327 Å². The molecule has 1 saturated heterocycles. The maximum atomic E-state index is 15.3. The first-order valence-electron chi connectivity index (χ1n) is 18.3. The van der Waals surface area contributed by atoms with Gasteiger partial charge in [0.25, 0.3) is 0 Å². The van der Waals surface area contributed by atoms with Crippen molar-refractivity contribution in [3.05, 3.63) is 137 Å². The standard InChI is InChI=1S/C44H33F6NO7/c1-57-27-18-33(52)37(34(19-27)58-2)38-28-13-14-29-36(41(56)51(40(29)55)26-16-24(43(45,46)47)15-25(17-26)44(48,49)50)31(28)20-32-39(54)30(22-9-5-3-6-10-22)21-35(53)42(32,38)23-11-7-4-8-12-23/h3-13,15-19,21,29,31-32,36,38,52H,14,20H2,1-2H3/t29-,31+,32-,36-,38+,42-/m0/s1. The van der Waals surface area contributed by atoms with Crippen molar-refractivity contribution in [2.75, 3.05) is 19.1 Å². The van der Waals surface area contributed by atoms with E-state index < -0.39 is 87.6 Å². The summed E-state index contributed by atoms with van der Waals surface area (Å²) in [7, 11) is 2.70. The third-order valence-corrected chi connectivity index (χ3v) is 12.0. The molecule has 2 amide bonds. The van der Waals surface area contributed by atoms with Crippen molar-refractivity contribution < 1.29 is 60.1 Å². The molecule has 8 rings (SSSR count). The molecule has 1 saturated carbocycles. The highest BCUT2D eigenvalue weighted by molar-refractivity contribution is 6.32. The van der Waals surface area contributed by atoms with E-state index >= 15 is 9.59 Å². The van der Waals surface area contributed by atoms with Crippen LogP contribution in [0.1, 0.15) is 46.6 Å². The predicted molar refractivity (Wildman–Crippen MR) is 197 cm³/mol. The molecule has 2 fully saturated rings. The molecular formula is C44H33F6NO7. The highest BCUT2D eigenvalue weighted by atomic mass is 19.4. The highest BCUT2D eigenvalue weighted by Crippen LogP contribution is 2.66. The Balaban J connectivity index is 1.37. The number of alkyl halides is 6. The molecule has 3 aliphatic carbocycles. The van der Waals surface area contributed by atoms with Crippen LogP contribution in [-0.4, -0.2) is 42.7 Å². The Bertz CT molecular complexity index is 2410. The first-order chi connectivity index (χ1) is 27.5. The van der Waals surface area contributed by atoms with Gasteiger partial charge in [-0.15, -0.1) is 0 Å². The number of imide groups is 1. The Hall–Kier alpha value is -6.18. The van der Waals surface area contributed by atoms with E-state index in [-0.39, 0.29) is 47.3 Å². The summed E-state index contributed by atoms with van der Waals surface area (Å²) in [4.78, 5) is 59.6. The molecule has 14 heteroatoms. The van der Waals surface area contributed by atoms with Crippen LogP contribution in [0.25, 0.3) is 5.57 Å². The number of rotatable bonds is 6. The Morgan fingerprint density at radius 1 is 0.759 bits per heavy atom. The molecule has 0 unspecified atom stereocenters. The number of ketones is 2. The molecule has 1 aliphatic heterocycles. The molecule has 0 bridgehead atoms. The zero-order chi connectivity index (χ0) is 41.5. The van der Waals surface area contributed by atoms with E-state index in [9.17, 15) is 41.0 Å². The predicted octanol–water partition coefficient (Wildman–Crippen LogP) is 8.48. The molecule has 6 atom stereocenters. The van der Waals surface area contributed by atoms with Crippen molar-refractivity contribution in [3.8, 4) is 17.2 Å². The number of ether oxygens (including phenoxy) is 2. The minimum absolute atomic E-state index is 0.0664. The maximum absolute atomic E-state index is 15.3. The van der Waals surface area contributed by atoms with Crippen molar-refractivity contribution in [1.82, 2.24) is 0 Å². The topological polar surface area (TPSA) is 110 Å². The van der Waals surface area contributed by atoms with Gasteiger partial charge in [-0.3, -0.25) is 19.2 Å². The minimum Gasteiger partial charge on any atom is -0.507 e. The van der Waals surface area contributed by atoms with Gasteiger partial charge in [0.2, 0.25) is 11.8 Å². The van der Waals surface area contributed by atoms with Crippen LogP contribution < -0.4 is 14.4 Å². The first-order valence-corrected chi connectivity index (χ1v) is 18.3. The van der Waals surface area contributed by atoms with Gasteiger partial charge < -0.3 is 14.6 Å². The number of carbonyl (C=O) groups is 4. The van der Waals surface area contributed by atoms with Gasteiger partial charge in [0.1, 0.15) is 17.2 Å². The number of benzene rings is 4. The minimum atomic E-state index is -5.25. The summed E-state index contributed by atoms with van der Waals surface area (Å²) in [6, 6.07) is 20.3. The fraction of sp³-hybridized carbons (Fsp3) is 0.273. The van der Waals surface area contributed by atoms with E-state index in [1.165, 1.54) is 32.4 Å². The summed E-state index contributed by atoms with van der Waals surface area (Å²) in [5.41, 5.74) is -4.70. The number of anilines is 1. The number of methoxy groups -OCH3 is 2. The molecule has 0 aromatic heterocycles. The summed E-state index contributed by atoms with van der Waals surface area (Å²) >= 11 is 0. The van der Waals surface area contributed by atoms with E-state index in [0.717, 1.165) is 0 Å². The number of fused-ring (bicyclic) bond motifs is 4. The molecule has 0 radical (unpaired) electrons. The number of halogens is 6. The Morgan fingerprint density at radius 3 is 1.97 bits per heavy atom. The van der Waals surface area contributed by atoms with E-state index in [1.54, 1.807) is 66.7 Å². The monoisotopic (exact) mass is 801 g/mol. The summed E-state index contributed by atoms with van der Waals surface area (Å²) in [6.07, 6.45) is -7.99. The first kappa shape index (κ1) is 38.7. The molecule has 8 nitrogen and oxygen atoms in total. The second-order valence-electron chi connectivity index (χ2n) is 14.8. The zero-order valence-corrected chi connectivity index (χ0v) is 30.7. The molecule has 58 heavy (non-hydrogen) atoms. The van der Waals surface area contributed by atoms with Crippen molar-refractivity contribution in [2.24, 2.45) is 23.7 Å². The van der Waals surface area contributed by atoms with Crippen LogP contribution in [0.3, 0.4) is 0 Å². The number of hydrogen-bond acceptors (Lipinski definition) is 7. The third-order valence-electron chi connectivity index (χ3n) is 12.0. The lowest BCUT2D eigenvalue weighted by Gasteiger charge is -2.55. The number of nitrogens with zero attached hydrogens (tertiary/aromatic N) is 1. The number of amides is 2. The van der Waals surface area contributed by atoms with Crippen LogP contribution in [0, 0.1) is 23.7 Å². The summed E-state index contributed by atoms with van der Waals surface area (Å²) in [5.74, 6) is -9.32. The smallest absolute Gasteiger partial charge is 0.416 e. The average Bonchev–Trinajstić information content (AvgIpc) is 3.46. The molecule has 4 aliphatic rings. The van der Waals surface area contributed by atoms with E-state index in [2.05, 4.69) is 0 Å². The van der Waals surface area contributed by atoms with Gasteiger partial charge in [-0.05, 0) is 54.2 Å². The van der Waals surface area contributed by atoms with Gasteiger partial charge in [0.05, 0.1) is 48.3 Å². The maximum Gasteiger partial charge on any atom is 0.416 e. The van der Waals surface area contributed by atoms with Crippen LogP contribution in [-0.2, 0) is 36.9 Å². The van der Waals surface area contributed by atoms with Crippen LogP contribution >= 0.6 is 0 Å². The molecule has 1 heterocycles. The van der Waals surface area contributed by atoms with Gasteiger partial charge in [-0.25, -0.2) is 4.90 Å². The van der Waals surface area contributed by atoms with Crippen molar-refractivity contribution in [3.63, 3.8) is 0 Å². The zero-order valence-electron chi connectivity index (χ0n) is 30.7. The van der Waals surface area contributed by atoms with Gasteiger partial charge >= 0.3 is 12.4 Å². The summed E-state index contributed by atoms with van der Waals surface area (Å²) in [6.45, 7) is 0. The molecular weight excluding hydrogens is 768 g/mol. The number of aromatic hydroxyl groups is 1. The number of allylic oxidation sites excluding steroid dienone is 4. The van der Waals surface area contributed by atoms with Gasteiger partial charge in [0.15, 0.2) is 11.6 Å². The van der Waals surface area contributed by atoms with E-state index in [1.807, 2.05) is 0 Å². The quantitative estimate of drug-likeness (QED) is 0.118. The number of phenolic OH excluding ortho intramolecular Hbond substituents is 1. The number of hydrogen-bond donors (Lipinski definition) is 1. The van der Waals surface area contributed by atoms with Crippen LogP contribution in [0.15, 0.2) is 109 Å². The lowest BCUT2D eigenvalue weighted by molar-refractivity contribution is -0.143. The van der Waals surface area contributed by atoms with Crippen LogP contribution in [0.4, 0.5) is 32.0 Å². The number of carbonyl (C=O) groups excluding carboxylic acids is 4. The third kappa shape index (κ3) is 5.82. The summed E-state index contributed by atoms with van der Waals surface area (Å²) < 4.78 is 95.0. The molecule has 0 spiro atoms. The fourth-order valence-electron chi connectivity index (χ4n) is 9.67. The normalized spacial score (nSPS) is 25.7. The second kappa shape index (κ2) is 13.7. The molecule has 1 N–H and O–H groups in total. The van der Waals surface area contributed by atoms with E-state index in [0.29, 0.717) is 33.7 Å². The van der Waals surface area contributed by atoms with Gasteiger partial charge in [-0.2, -0.15) is 26.3 Å². The van der Waals surface area contributed by atoms with Crippen LogP contribution in [0.5, 0.6) is 17.2 Å². The lowest BCUT2D eigenvalue weighted by atomic mass is 9.44. The average molecular weight is 802 g/mol. The van der Waals surface area contributed by atoms with Gasteiger partial charge in [-0.1, -0.05) is 72.3 Å². The second-order valence-corrected chi connectivity index (χ2v) is 14.8. The Kier molecular flexibility index (Phi) is 9.16. The van der Waals surface area contributed by atoms with Crippen molar-refractivity contribution >= 4 is 34.6 Å². The SMILES string of the molecule is COc1cc(O)c([C@H]2C3=CC[C@@H]4C(=O)N(c5cc(C(F)(F)F)cc(C(F)(F)F)c5)C(=O)[C@@H]4[C@@H]3C[C@H]3C(=O)C(c4ccccc4)=CC(=O)[C@@]23c2ccccc2)c(OC)c1. The van der Waals surface area contributed by atoms with Gasteiger partial charge in [0, 0.05) is 35.1 Å². The largest absolute Gasteiger partial charge is 0.507 e. The Morgan fingerprint density at radius 2 is 1.38 bits per heavy atom. The van der Waals surface area contributed by atoms with Crippen molar-refractivity contribution in [1.29, 1.82) is 0 Å². The summed E-state index contributed by atoms with van der Waals surface area (Å²) in [5, 5.41) is 11.9. The molecule has 298 valence electrons. The van der Waals surface area contributed by atoms with Crippen molar-refractivity contribution in [2.45, 2.75) is 36.5 Å². The van der Waals surface area contributed by atoms with Crippen LogP contribution in [0.2, 0.25) is 0 Å². The number of Topliss-reactive ketones (excluding diaryl/α,β-unsaturated/α-hetero) is 1. The molecule has 4 aromatic rings. The number of phenols is 1. The highest BCUT2D eigenvalue weighted by Gasteiger charge is 2.67. The molecule has 4 aromatic carbocycles. The lowest BCUT2D eigenvalue weighted by Crippen LogP contribution is -2.58. The fourth-order valence-corrected chi connectivity index (χ4v) is 9.67.